The smallest absolute Gasteiger partial charge is 0.337 e. The van der Waals surface area contributed by atoms with Gasteiger partial charge in [0.1, 0.15) is 18.2 Å². The van der Waals surface area contributed by atoms with Crippen LogP contribution in [-0.2, 0) is 6.61 Å². The summed E-state index contributed by atoms with van der Waals surface area (Å²) in [7, 11) is 0. The highest BCUT2D eigenvalue weighted by atomic mass is 19.1. The van der Waals surface area contributed by atoms with Gasteiger partial charge in [-0.1, -0.05) is 12.1 Å². The van der Waals surface area contributed by atoms with Gasteiger partial charge in [-0.2, -0.15) is 0 Å². The molecule has 0 saturated heterocycles. The number of carboxylic acids is 1. The number of nitrogens with one attached hydrogen (secondary N) is 1. The van der Waals surface area contributed by atoms with Crippen LogP contribution in [0.15, 0.2) is 60.8 Å². The van der Waals surface area contributed by atoms with E-state index in [1.807, 2.05) is 13.8 Å². The number of amides is 1. The van der Waals surface area contributed by atoms with Gasteiger partial charge in [-0.3, -0.25) is 4.79 Å². The zero-order valence-electron chi connectivity index (χ0n) is 17.0. The molecule has 2 N–H and O–H groups in total. The van der Waals surface area contributed by atoms with Crippen molar-refractivity contribution in [3.8, 4) is 11.5 Å². The topological polar surface area (TPSA) is 97.8 Å². The van der Waals surface area contributed by atoms with Crippen LogP contribution in [0.3, 0.4) is 0 Å². The number of halogens is 1. The molecule has 3 aromatic rings. The second-order valence-corrected chi connectivity index (χ2v) is 6.94. The number of ether oxygens (including phenoxy) is 2. The highest BCUT2D eigenvalue weighted by Crippen LogP contribution is 2.22. The number of hydrogen-bond acceptors (Lipinski definition) is 5. The average Bonchev–Trinajstić information content (AvgIpc) is 2.73. The van der Waals surface area contributed by atoms with Gasteiger partial charge in [0.2, 0.25) is 0 Å². The van der Waals surface area contributed by atoms with Gasteiger partial charge in [0.25, 0.3) is 5.91 Å². The monoisotopic (exact) mass is 424 g/mol. The SMILES string of the molecule is CC(C)Oc1cc(COc2ccccc2F)cc(C(=O)Nc2ccc(C(=O)O)cn2)c1. The second kappa shape index (κ2) is 9.71. The van der Waals surface area contributed by atoms with Crippen molar-refractivity contribution in [3.63, 3.8) is 0 Å². The van der Waals surface area contributed by atoms with Gasteiger partial charge in [-0.05, 0) is 61.9 Å². The first-order valence-corrected chi connectivity index (χ1v) is 9.50. The van der Waals surface area contributed by atoms with Crippen molar-refractivity contribution in [2.75, 3.05) is 5.32 Å². The molecule has 0 aliphatic heterocycles. The Morgan fingerprint density at radius 3 is 2.52 bits per heavy atom. The van der Waals surface area contributed by atoms with Crippen LogP contribution >= 0.6 is 0 Å². The number of carbonyl (C=O) groups is 2. The molecule has 7 nitrogen and oxygen atoms in total. The van der Waals surface area contributed by atoms with Gasteiger partial charge in [0.15, 0.2) is 11.6 Å². The molecule has 1 aromatic heterocycles. The van der Waals surface area contributed by atoms with Gasteiger partial charge < -0.3 is 19.9 Å². The zero-order chi connectivity index (χ0) is 22.4. The van der Waals surface area contributed by atoms with E-state index in [1.165, 1.54) is 24.3 Å². The summed E-state index contributed by atoms with van der Waals surface area (Å²) in [6, 6.07) is 13.7. The normalized spacial score (nSPS) is 10.6. The Labute approximate surface area is 178 Å². The van der Waals surface area contributed by atoms with Crippen LogP contribution < -0.4 is 14.8 Å². The van der Waals surface area contributed by atoms with Crippen molar-refractivity contribution >= 4 is 17.7 Å². The molecule has 31 heavy (non-hydrogen) atoms. The van der Waals surface area contributed by atoms with E-state index in [0.717, 1.165) is 6.20 Å². The summed E-state index contributed by atoms with van der Waals surface area (Å²) >= 11 is 0. The fraction of sp³-hybridized carbons (Fsp3) is 0.174. The summed E-state index contributed by atoms with van der Waals surface area (Å²) in [5.74, 6) is -1.28. The highest BCUT2D eigenvalue weighted by Gasteiger charge is 2.13. The van der Waals surface area contributed by atoms with Crippen LogP contribution in [0, 0.1) is 5.82 Å². The molecular weight excluding hydrogens is 403 g/mol. The molecule has 1 heterocycles. The summed E-state index contributed by atoms with van der Waals surface area (Å²) in [4.78, 5) is 27.6. The summed E-state index contributed by atoms with van der Waals surface area (Å²) < 4.78 is 25.1. The van der Waals surface area contributed by atoms with Gasteiger partial charge in [0.05, 0.1) is 11.7 Å². The van der Waals surface area contributed by atoms with Gasteiger partial charge in [-0.25, -0.2) is 14.2 Å². The Morgan fingerprint density at radius 1 is 1.10 bits per heavy atom. The first-order chi connectivity index (χ1) is 14.8. The first kappa shape index (κ1) is 21.8. The van der Waals surface area contributed by atoms with E-state index in [-0.39, 0.29) is 35.4 Å². The molecule has 0 bridgehead atoms. The van der Waals surface area contributed by atoms with Crippen LogP contribution in [0.25, 0.3) is 0 Å². The average molecular weight is 424 g/mol. The molecular formula is C23H21FN2O5. The minimum Gasteiger partial charge on any atom is -0.491 e. The molecule has 2 aromatic carbocycles. The van der Waals surface area contributed by atoms with E-state index in [2.05, 4.69) is 10.3 Å². The molecule has 160 valence electrons. The third-order valence-electron chi connectivity index (χ3n) is 4.08. The standard InChI is InChI=1S/C23H21FN2O5/c1-14(2)31-18-10-15(13-30-20-6-4-3-5-19(20)24)9-17(11-18)22(27)26-21-8-7-16(12-25-21)23(28)29/h3-12,14H,13H2,1-2H3,(H,28,29)(H,25,26,27). The van der Waals surface area contributed by atoms with Crippen molar-refractivity contribution in [1.82, 2.24) is 4.98 Å². The van der Waals surface area contributed by atoms with Crippen molar-refractivity contribution in [1.29, 1.82) is 0 Å². The molecule has 0 saturated carbocycles. The maximum Gasteiger partial charge on any atom is 0.337 e. The zero-order valence-corrected chi connectivity index (χ0v) is 17.0. The Bertz CT molecular complexity index is 1080. The molecule has 0 fully saturated rings. The molecule has 0 unspecified atom stereocenters. The Morgan fingerprint density at radius 2 is 1.87 bits per heavy atom. The highest BCUT2D eigenvalue weighted by molar-refractivity contribution is 6.04. The van der Waals surface area contributed by atoms with E-state index >= 15 is 0 Å². The largest absolute Gasteiger partial charge is 0.491 e. The number of hydrogen-bond donors (Lipinski definition) is 2. The lowest BCUT2D eigenvalue weighted by Gasteiger charge is -2.14. The third kappa shape index (κ3) is 6.02. The van der Waals surface area contributed by atoms with Crippen LogP contribution in [0.4, 0.5) is 10.2 Å². The number of carbonyl (C=O) groups excluding carboxylic acids is 1. The summed E-state index contributed by atoms with van der Waals surface area (Å²) in [6.45, 7) is 3.74. The summed E-state index contributed by atoms with van der Waals surface area (Å²) in [5, 5.41) is 11.6. The van der Waals surface area contributed by atoms with E-state index in [0.29, 0.717) is 11.3 Å². The molecule has 0 aliphatic carbocycles. The van der Waals surface area contributed by atoms with Crippen LogP contribution in [0.1, 0.15) is 40.1 Å². The predicted molar refractivity (Wildman–Crippen MR) is 112 cm³/mol. The van der Waals surface area contributed by atoms with Crippen LogP contribution in [-0.4, -0.2) is 28.1 Å². The molecule has 3 rings (SSSR count). The lowest BCUT2D eigenvalue weighted by Crippen LogP contribution is -2.15. The minimum absolute atomic E-state index is 0.0120. The molecule has 8 heteroatoms. The quantitative estimate of drug-likeness (QED) is 0.551. The Kier molecular flexibility index (Phi) is 6.81. The summed E-state index contributed by atoms with van der Waals surface area (Å²) in [5.41, 5.74) is 0.910. The number of carboxylic acid groups (broad SMARTS) is 1. The minimum atomic E-state index is -1.11. The fourth-order valence-electron chi connectivity index (χ4n) is 2.72. The van der Waals surface area contributed by atoms with E-state index < -0.39 is 17.7 Å². The number of rotatable bonds is 8. The van der Waals surface area contributed by atoms with Gasteiger partial charge in [0, 0.05) is 11.8 Å². The fourth-order valence-corrected chi connectivity index (χ4v) is 2.72. The Hall–Kier alpha value is -3.94. The second-order valence-electron chi connectivity index (χ2n) is 6.94. The number of pyridine rings is 1. The van der Waals surface area contributed by atoms with Gasteiger partial charge in [-0.15, -0.1) is 0 Å². The number of aromatic carboxylic acids is 1. The van der Waals surface area contributed by atoms with Crippen LogP contribution in [0.5, 0.6) is 11.5 Å². The van der Waals surface area contributed by atoms with Crippen molar-refractivity contribution in [3.05, 3.63) is 83.3 Å². The van der Waals surface area contributed by atoms with Crippen molar-refractivity contribution in [2.24, 2.45) is 0 Å². The maximum atomic E-state index is 13.8. The predicted octanol–water partition coefficient (Wildman–Crippen LogP) is 4.54. The van der Waals surface area contributed by atoms with Crippen molar-refractivity contribution < 1.29 is 28.6 Å². The molecule has 0 atom stereocenters. The van der Waals surface area contributed by atoms with E-state index in [9.17, 15) is 14.0 Å². The lowest BCUT2D eigenvalue weighted by molar-refractivity contribution is 0.0696. The first-order valence-electron chi connectivity index (χ1n) is 9.50. The molecule has 0 aliphatic rings. The number of benzene rings is 2. The van der Waals surface area contributed by atoms with Crippen molar-refractivity contribution in [2.45, 2.75) is 26.6 Å². The van der Waals surface area contributed by atoms with Crippen LogP contribution in [0.2, 0.25) is 0 Å². The third-order valence-corrected chi connectivity index (χ3v) is 4.08. The number of para-hydroxylation sites is 1. The number of nitrogens with zero attached hydrogens (tertiary/aromatic N) is 1. The summed E-state index contributed by atoms with van der Waals surface area (Å²) in [6.07, 6.45) is 1.04. The lowest BCUT2D eigenvalue weighted by atomic mass is 10.1. The molecule has 1 amide bonds. The number of anilines is 1. The van der Waals surface area contributed by atoms with Gasteiger partial charge >= 0.3 is 5.97 Å². The maximum absolute atomic E-state index is 13.8. The number of aromatic nitrogens is 1. The molecule has 0 radical (unpaired) electrons. The van der Waals surface area contributed by atoms with E-state index in [1.54, 1.807) is 30.3 Å². The van der Waals surface area contributed by atoms with E-state index in [4.69, 9.17) is 14.6 Å². The molecule has 0 spiro atoms. The Balaban J connectivity index is 1.80.